The number of nitrogens with zero attached hydrogens (tertiary/aromatic N) is 4. The molecule has 0 bridgehead atoms. The molecule has 0 aliphatic heterocycles. The third-order valence-electron chi connectivity index (χ3n) is 6.51. The van der Waals surface area contributed by atoms with Gasteiger partial charge in [0.15, 0.2) is 17.0 Å². The van der Waals surface area contributed by atoms with Crippen LogP contribution in [0, 0.1) is 23.6 Å². The minimum absolute atomic E-state index is 0.0367. The summed E-state index contributed by atoms with van der Waals surface area (Å²) in [6.45, 7) is 0.622. The maximum Gasteiger partial charge on any atom is 0.416 e. The third-order valence-corrected chi connectivity index (χ3v) is 6.51. The zero-order valence-corrected chi connectivity index (χ0v) is 19.0. The quantitative estimate of drug-likeness (QED) is 0.550. The Morgan fingerprint density at radius 2 is 1.77 bits per heavy atom. The van der Waals surface area contributed by atoms with Gasteiger partial charge in [-0.2, -0.15) is 0 Å². The summed E-state index contributed by atoms with van der Waals surface area (Å²) in [6, 6.07) is 5.29. The standard InChI is InChI=1S/C25H24FN5O4/c26-16-5-11-19(12-6-16)35-25(34)29(14-15-3-4-15)13-1-2-20-27-21-22(28-20)30(17-7-8-17)24(33)31(23(21)32)18-9-10-18/h5-6,11-12,15,17-18H,3-4,7-10,13-14H2,(H,27,28). The van der Waals surface area contributed by atoms with Gasteiger partial charge in [-0.05, 0) is 74.6 Å². The third kappa shape index (κ3) is 4.46. The predicted molar refractivity (Wildman–Crippen MR) is 125 cm³/mol. The van der Waals surface area contributed by atoms with Gasteiger partial charge in [0.05, 0.1) is 6.54 Å². The fraction of sp³-hybridized carbons (Fsp3) is 0.440. The number of amides is 1. The number of carbonyl (C=O) groups excluding carboxylic acids is 1. The smallest absolute Gasteiger partial charge is 0.410 e. The number of H-pyrrole nitrogens is 1. The normalized spacial score (nSPS) is 17.2. The molecule has 0 spiro atoms. The van der Waals surface area contributed by atoms with Crippen LogP contribution in [0.25, 0.3) is 11.2 Å². The molecule has 0 unspecified atom stereocenters. The Morgan fingerprint density at radius 3 is 2.43 bits per heavy atom. The lowest BCUT2D eigenvalue weighted by molar-refractivity contribution is 0.156. The van der Waals surface area contributed by atoms with E-state index in [9.17, 15) is 18.8 Å². The van der Waals surface area contributed by atoms with Gasteiger partial charge in [0.2, 0.25) is 0 Å². The van der Waals surface area contributed by atoms with Crippen LogP contribution in [-0.4, -0.2) is 43.2 Å². The van der Waals surface area contributed by atoms with E-state index in [0.717, 1.165) is 38.5 Å². The van der Waals surface area contributed by atoms with Gasteiger partial charge in [-0.3, -0.25) is 18.8 Å². The van der Waals surface area contributed by atoms with Gasteiger partial charge >= 0.3 is 11.8 Å². The monoisotopic (exact) mass is 477 g/mol. The Balaban J connectivity index is 1.25. The van der Waals surface area contributed by atoms with Crippen molar-refractivity contribution >= 4 is 17.3 Å². The van der Waals surface area contributed by atoms with Crippen LogP contribution in [0.2, 0.25) is 0 Å². The topological polar surface area (TPSA) is 102 Å². The highest BCUT2D eigenvalue weighted by atomic mass is 19.1. The number of imidazole rings is 1. The van der Waals surface area contributed by atoms with Crippen LogP contribution < -0.4 is 16.0 Å². The number of nitrogens with one attached hydrogen (secondary N) is 1. The summed E-state index contributed by atoms with van der Waals surface area (Å²) < 4.78 is 21.5. The van der Waals surface area contributed by atoms with E-state index in [1.807, 2.05) is 0 Å². The van der Waals surface area contributed by atoms with Gasteiger partial charge in [0, 0.05) is 18.6 Å². The van der Waals surface area contributed by atoms with Gasteiger partial charge in [0.25, 0.3) is 5.56 Å². The highest BCUT2D eigenvalue weighted by Gasteiger charge is 2.34. The summed E-state index contributed by atoms with van der Waals surface area (Å²) in [5.74, 6) is 6.38. The van der Waals surface area contributed by atoms with Crippen LogP contribution in [0.5, 0.6) is 5.75 Å². The van der Waals surface area contributed by atoms with Crippen molar-refractivity contribution in [1.29, 1.82) is 0 Å². The molecule has 1 amide bonds. The number of halogens is 1. The average Bonchev–Trinajstić information content (AvgIpc) is 3.68. The summed E-state index contributed by atoms with van der Waals surface area (Å²) in [5.41, 5.74) is -0.0200. The Bertz CT molecular complexity index is 1480. The summed E-state index contributed by atoms with van der Waals surface area (Å²) in [4.78, 5) is 47.6. The highest BCUT2D eigenvalue weighted by molar-refractivity contribution is 5.72. The van der Waals surface area contributed by atoms with Crippen LogP contribution >= 0.6 is 0 Å². The van der Waals surface area contributed by atoms with E-state index < -0.39 is 11.9 Å². The lowest BCUT2D eigenvalue weighted by Gasteiger charge is -2.19. The van der Waals surface area contributed by atoms with Crippen LogP contribution in [0.3, 0.4) is 0 Å². The maximum atomic E-state index is 13.1. The minimum Gasteiger partial charge on any atom is -0.410 e. The number of hydrogen-bond acceptors (Lipinski definition) is 5. The fourth-order valence-corrected chi connectivity index (χ4v) is 4.18. The fourth-order valence-electron chi connectivity index (χ4n) is 4.18. The van der Waals surface area contributed by atoms with Crippen molar-refractivity contribution in [2.24, 2.45) is 5.92 Å². The summed E-state index contributed by atoms with van der Waals surface area (Å²) >= 11 is 0. The van der Waals surface area contributed by atoms with Gasteiger partial charge < -0.3 is 9.72 Å². The van der Waals surface area contributed by atoms with E-state index in [1.165, 1.54) is 33.7 Å². The van der Waals surface area contributed by atoms with Crippen molar-refractivity contribution in [2.45, 2.75) is 50.6 Å². The van der Waals surface area contributed by atoms with E-state index in [0.29, 0.717) is 23.6 Å². The molecule has 1 aromatic carbocycles. The number of aromatic nitrogens is 4. The molecule has 3 aliphatic carbocycles. The highest BCUT2D eigenvalue weighted by Crippen LogP contribution is 2.36. The molecule has 1 N–H and O–H groups in total. The predicted octanol–water partition coefficient (Wildman–Crippen LogP) is 2.96. The number of fused-ring (bicyclic) bond motifs is 1. The van der Waals surface area contributed by atoms with E-state index in [4.69, 9.17) is 4.74 Å². The molecular weight excluding hydrogens is 453 g/mol. The van der Waals surface area contributed by atoms with Gasteiger partial charge in [-0.25, -0.2) is 19.0 Å². The number of benzene rings is 1. The molecule has 2 aromatic heterocycles. The van der Waals surface area contributed by atoms with E-state index >= 15 is 0 Å². The molecule has 0 atom stereocenters. The van der Waals surface area contributed by atoms with E-state index in [2.05, 4.69) is 21.8 Å². The Hall–Kier alpha value is -3.87. The molecule has 35 heavy (non-hydrogen) atoms. The molecule has 6 rings (SSSR count). The Morgan fingerprint density at radius 1 is 1.09 bits per heavy atom. The maximum absolute atomic E-state index is 13.1. The molecule has 0 radical (unpaired) electrons. The second kappa shape index (κ2) is 8.41. The second-order valence-corrected chi connectivity index (χ2v) is 9.52. The van der Waals surface area contributed by atoms with Crippen molar-refractivity contribution in [3.8, 4) is 17.6 Å². The molecule has 180 valence electrons. The average molecular weight is 477 g/mol. The first kappa shape index (κ1) is 21.6. The minimum atomic E-state index is -0.558. The van der Waals surface area contributed by atoms with Gasteiger partial charge in [0.1, 0.15) is 11.6 Å². The zero-order valence-electron chi connectivity index (χ0n) is 19.0. The number of rotatable bonds is 6. The molecule has 3 fully saturated rings. The summed E-state index contributed by atoms with van der Waals surface area (Å²) in [7, 11) is 0. The van der Waals surface area contributed by atoms with Crippen LogP contribution in [-0.2, 0) is 0 Å². The van der Waals surface area contributed by atoms with Crippen molar-refractivity contribution in [1.82, 2.24) is 24.0 Å². The lowest BCUT2D eigenvalue weighted by atomic mass is 10.3. The Labute approximate surface area is 199 Å². The molecule has 3 aromatic rings. The van der Waals surface area contributed by atoms with E-state index in [-0.39, 0.29) is 41.5 Å². The van der Waals surface area contributed by atoms with Crippen molar-refractivity contribution in [2.75, 3.05) is 13.1 Å². The van der Waals surface area contributed by atoms with Gasteiger partial charge in [-0.15, -0.1) is 0 Å². The first-order valence-electron chi connectivity index (χ1n) is 12.0. The molecule has 2 heterocycles. The Kier molecular flexibility index (Phi) is 5.20. The van der Waals surface area contributed by atoms with Gasteiger partial charge in [-0.1, -0.05) is 5.92 Å². The number of aromatic amines is 1. The largest absolute Gasteiger partial charge is 0.416 e. The number of ether oxygens (including phenoxy) is 1. The number of hydrogen-bond donors (Lipinski definition) is 1. The van der Waals surface area contributed by atoms with E-state index in [1.54, 1.807) is 4.57 Å². The van der Waals surface area contributed by atoms with Crippen LogP contribution in [0.4, 0.5) is 9.18 Å². The first-order valence-corrected chi connectivity index (χ1v) is 12.0. The van der Waals surface area contributed by atoms with Crippen molar-refractivity contribution in [3.63, 3.8) is 0 Å². The molecule has 3 saturated carbocycles. The second-order valence-electron chi connectivity index (χ2n) is 9.52. The van der Waals surface area contributed by atoms with Crippen molar-refractivity contribution < 1.29 is 13.9 Å². The SMILES string of the molecule is O=C(Oc1ccc(F)cc1)N(CC#Cc1nc2c([nH]1)c(=O)n(C1CC1)c(=O)n2C1CC1)CC1CC1. The number of carbonyl (C=O) groups is 1. The first-order chi connectivity index (χ1) is 17.0. The van der Waals surface area contributed by atoms with Crippen LogP contribution in [0.1, 0.15) is 56.4 Å². The zero-order chi connectivity index (χ0) is 24.1. The molecule has 9 nitrogen and oxygen atoms in total. The van der Waals surface area contributed by atoms with Crippen molar-refractivity contribution in [3.05, 3.63) is 56.7 Å². The molecule has 10 heteroatoms. The summed E-state index contributed by atoms with van der Waals surface area (Å²) in [5, 5.41) is 0. The summed E-state index contributed by atoms with van der Waals surface area (Å²) in [6.07, 6.45) is 4.97. The molecule has 0 saturated heterocycles. The molecule has 3 aliphatic rings. The van der Waals surface area contributed by atoms with Crippen LogP contribution in [0.15, 0.2) is 33.9 Å². The molecular formula is C25H24FN5O4. The lowest BCUT2D eigenvalue weighted by Crippen LogP contribution is -2.39.